The molecule has 1 heterocycles. The predicted octanol–water partition coefficient (Wildman–Crippen LogP) is 2.16. The van der Waals surface area contributed by atoms with Crippen LogP contribution in [0.1, 0.15) is 37.9 Å². The van der Waals surface area contributed by atoms with Crippen LogP contribution in [-0.4, -0.2) is 22.0 Å². The predicted molar refractivity (Wildman–Crippen MR) is 55.9 cm³/mol. The number of hydrogen-bond acceptors (Lipinski definition) is 3. The highest BCUT2D eigenvalue weighted by atomic mass is 16.6. The number of rotatable bonds is 1. The molecule has 1 aromatic heterocycles. The summed E-state index contributed by atoms with van der Waals surface area (Å²) >= 11 is 0. The largest absolute Gasteiger partial charge is 0.445 e. The van der Waals surface area contributed by atoms with Crippen molar-refractivity contribution >= 4 is 6.09 Å². The molecule has 1 aliphatic rings. The van der Waals surface area contributed by atoms with Gasteiger partial charge in [-0.1, -0.05) is 0 Å². The maximum absolute atomic E-state index is 11.7. The van der Waals surface area contributed by atoms with Gasteiger partial charge in [-0.15, -0.1) is 0 Å². The number of carbonyl (C=O) groups is 1. The van der Waals surface area contributed by atoms with Gasteiger partial charge < -0.3 is 4.74 Å². The topological polar surface area (TPSA) is 44.1 Å². The van der Waals surface area contributed by atoms with E-state index in [1.165, 1.54) is 16.7 Å². The molecular formula is C11H16N2O2. The Bertz CT molecular complexity index is 369. The van der Waals surface area contributed by atoms with Crippen molar-refractivity contribution in [3.63, 3.8) is 0 Å². The van der Waals surface area contributed by atoms with Crippen LogP contribution in [0.4, 0.5) is 4.79 Å². The minimum atomic E-state index is -0.354. The highest BCUT2D eigenvalue weighted by Crippen LogP contribution is 2.20. The highest BCUT2D eigenvalue weighted by molar-refractivity contribution is 5.70. The van der Waals surface area contributed by atoms with Crippen molar-refractivity contribution < 1.29 is 9.53 Å². The van der Waals surface area contributed by atoms with Crippen molar-refractivity contribution in [2.45, 2.75) is 45.6 Å². The van der Waals surface area contributed by atoms with Crippen LogP contribution in [0.5, 0.6) is 0 Å². The summed E-state index contributed by atoms with van der Waals surface area (Å²) in [5.41, 5.74) is 2.23. The lowest BCUT2D eigenvalue weighted by Gasteiger charge is -2.13. The third-order valence-corrected chi connectivity index (χ3v) is 2.57. The number of fused-ring (bicyclic) bond motifs is 1. The van der Waals surface area contributed by atoms with Crippen LogP contribution in [0, 0.1) is 0 Å². The smallest absolute Gasteiger partial charge is 0.435 e. The van der Waals surface area contributed by atoms with E-state index in [0.717, 1.165) is 25.0 Å². The van der Waals surface area contributed by atoms with Crippen molar-refractivity contribution in [3.05, 3.63) is 17.5 Å². The van der Waals surface area contributed by atoms with E-state index >= 15 is 0 Å². The van der Waals surface area contributed by atoms with Crippen LogP contribution in [-0.2, 0) is 17.6 Å². The first kappa shape index (κ1) is 10.2. The molecule has 4 nitrogen and oxygen atoms in total. The Labute approximate surface area is 89.2 Å². The number of carbonyl (C=O) groups excluding carboxylic acids is 1. The summed E-state index contributed by atoms with van der Waals surface area (Å²) in [6.45, 7) is 3.68. The summed E-state index contributed by atoms with van der Waals surface area (Å²) in [4.78, 5) is 11.7. The Hall–Kier alpha value is -1.32. The quantitative estimate of drug-likeness (QED) is 0.710. The number of aromatic nitrogens is 2. The van der Waals surface area contributed by atoms with E-state index in [1.54, 1.807) is 6.20 Å². The molecule has 0 amide bonds. The van der Waals surface area contributed by atoms with E-state index < -0.39 is 0 Å². The fourth-order valence-corrected chi connectivity index (χ4v) is 1.90. The van der Waals surface area contributed by atoms with Crippen LogP contribution in [0.3, 0.4) is 0 Å². The lowest BCUT2D eigenvalue weighted by atomic mass is 9.98. The summed E-state index contributed by atoms with van der Waals surface area (Å²) in [5, 5.41) is 4.09. The van der Waals surface area contributed by atoms with E-state index in [-0.39, 0.29) is 12.2 Å². The monoisotopic (exact) mass is 208 g/mol. The van der Waals surface area contributed by atoms with Crippen molar-refractivity contribution in [1.29, 1.82) is 0 Å². The lowest BCUT2D eigenvalue weighted by Crippen LogP contribution is -2.22. The Morgan fingerprint density at radius 3 is 2.93 bits per heavy atom. The molecule has 0 unspecified atom stereocenters. The fourth-order valence-electron chi connectivity index (χ4n) is 1.90. The molecule has 4 heteroatoms. The van der Waals surface area contributed by atoms with Gasteiger partial charge in [0.15, 0.2) is 0 Å². The van der Waals surface area contributed by atoms with Crippen LogP contribution < -0.4 is 0 Å². The molecule has 0 aliphatic heterocycles. The van der Waals surface area contributed by atoms with E-state index in [1.807, 2.05) is 13.8 Å². The van der Waals surface area contributed by atoms with Gasteiger partial charge in [-0.2, -0.15) is 9.78 Å². The van der Waals surface area contributed by atoms with E-state index in [9.17, 15) is 4.79 Å². The first-order valence-electron chi connectivity index (χ1n) is 5.45. The fraction of sp³-hybridized carbons (Fsp3) is 0.636. The molecule has 1 aromatic rings. The van der Waals surface area contributed by atoms with Gasteiger partial charge in [0.25, 0.3) is 0 Å². The third-order valence-electron chi connectivity index (χ3n) is 2.57. The second kappa shape index (κ2) is 4.04. The molecule has 15 heavy (non-hydrogen) atoms. The Balaban J connectivity index is 2.21. The number of hydrogen-bond donors (Lipinski definition) is 0. The zero-order chi connectivity index (χ0) is 10.8. The number of aryl methyl sites for hydroxylation is 1. The van der Waals surface area contributed by atoms with Crippen molar-refractivity contribution in [2.75, 3.05) is 0 Å². The highest BCUT2D eigenvalue weighted by Gasteiger charge is 2.20. The second-order valence-electron chi connectivity index (χ2n) is 4.17. The van der Waals surface area contributed by atoms with Gasteiger partial charge in [-0.25, -0.2) is 4.79 Å². The van der Waals surface area contributed by atoms with Crippen LogP contribution in [0.2, 0.25) is 0 Å². The lowest BCUT2D eigenvalue weighted by molar-refractivity contribution is 0.113. The van der Waals surface area contributed by atoms with Gasteiger partial charge in [-0.05, 0) is 45.1 Å². The Morgan fingerprint density at radius 2 is 2.20 bits per heavy atom. The standard InChI is InChI=1S/C11H16N2O2/c1-8(2)15-11(14)13-10-6-4-3-5-9(10)7-12-13/h7-8H,3-6H2,1-2H3. The average Bonchev–Trinajstić information content (AvgIpc) is 2.59. The zero-order valence-electron chi connectivity index (χ0n) is 9.19. The Morgan fingerprint density at radius 1 is 1.47 bits per heavy atom. The summed E-state index contributed by atoms with van der Waals surface area (Å²) in [5.74, 6) is 0. The molecule has 0 saturated heterocycles. The summed E-state index contributed by atoms with van der Waals surface area (Å²) in [7, 11) is 0. The van der Waals surface area contributed by atoms with Gasteiger partial charge in [0.1, 0.15) is 0 Å². The maximum Gasteiger partial charge on any atom is 0.435 e. The maximum atomic E-state index is 11.7. The molecule has 0 N–H and O–H groups in total. The van der Waals surface area contributed by atoms with Crippen molar-refractivity contribution in [3.8, 4) is 0 Å². The van der Waals surface area contributed by atoms with Crippen LogP contribution in [0.25, 0.3) is 0 Å². The molecule has 1 aliphatic carbocycles. The first-order chi connectivity index (χ1) is 7.18. The third kappa shape index (κ3) is 2.03. The second-order valence-corrected chi connectivity index (χ2v) is 4.17. The van der Waals surface area contributed by atoms with Gasteiger partial charge in [0.05, 0.1) is 18.0 Å². The first-order valence-corrected chi connectivity index (χ1v) is 5.45. The van der Waals surface area contributed by atoms with Gasteiger partial charge >= 0.3 is 6.09 Å². The zero-order valence-corrected chi connectivity index (χ0v) is 9.19. The summed E-state index contributed by atoms with van der Waals surface area (Å²) in [6, 6.07) is 0. The minimum absolute atomic E-state index is 0.0964. The molecule has 2 rings (SSSR count). The molecule has 82 valence electrons. The van der Waals surface area contributed by atoms with E-state index in [2.05, 4.69) is 5.10 Å². The van der Waals surface area contributed by atoms with Crippen molar-refractivity contribution in [2.24, 2.45) is 0 Å². The average molecular weight is 208 g/mol. The summed E-state index contributed by atoms with van der Waals surface area (Å²) in [6.07, 6.45) is 5.63. The molecule has 0 radical (unpaired) electrons. The summed E-state index contributed by atoms with van der Waals surface area (Å²) < 4.78 is 6.53. The molecular weight excluding hydrogens is 192 g/mol. The Kier molecular flexibility index (Phi) is 2.75. The van der Waals surface area contributed by atoms with Crippen molar-refractivity contribution in [1.82, 2.24) is 9.78 Å². The SMILES string of the molecule is CC(C)OC(=O)n1ncc2c1CCCC2. The molecule has 0 atom stereocenters. The van der Waals surface area contributed by atoms with Crippen LogP contribution in [0.15, 0.2) is 6.20 Å². The van der Waals surface area contributed by atoms with Gasteiger partial charge in [0, 0.05) is 0 Å². The molecule has 0 aromatic carbocycles. The number of nitrogens with zero attached hydrogens (tertiary/aromatic N) is 2. The van der Waals surface area contributed by atoms with Gasteiger partial charge in [0.2, 0.25) is 0 Å². The molecule has 0 spiro atoms. The van der Waals surface area contributed by atoms with E-state index in [0.29, 0.717) is 0 Å². The number of ether oxygens (including phenoxy) is 1. The molecule has 0 saturated carbocycles. The molecule has 0 fully saturated rings. The van der Waals surface area contributed by atoms with Gasteiger partial charge in [-0.3, -0.25) is 0 Å². The van der Waals surface area contributed by atoms with E-state index in [4.69, 9.17) is 4.74 Å². The molecule has 0 bridgehead atoms. The normalized spacial score (nSPS) is 15.1. The van der Waals surface area contributed by atoms with Crippen LogP contribution >= 0.6 is 0 Å². The minimum Gasteiger partial charge on any atom is -0.445 e.